The monoisotopic (exact) mass is 297 g/mol. The molecule has 118 valence electrons. The number of imidazole rings is 1. The summed E-state index contributed by atoms with van der Waals surface area (Å²) in [5, 5.41) is 10.1. The minimum Gasteiger partial charge on any atom is -0.462 e. The molecule has 1 rings (SSSR count). The van der Waals surface area contributed by atoms with Crippen molar-refractivity contribution in [2.45, 2.75) is 52.7 Å². The summed E-state index contributed by atoms with van der Waals surface area (Å²) in [6, 6.07) is 0. The third-order valence-electron chi connectivity index (χ3n) is 2.16. The smallest absolute Gasteiger partial charge is 0.293 e. The molecular weight excluding hydrogens is 274 g/mol. The van der Waals surface area contributed by atoms with Crippen LogP contribution in [0, 0.1) is 10.1 Å². The topological polar surface area (TPSA) is 87.3 Å². The zero-order valence-electron chi connectivity index (χ0n) is 13.4. The molecule has 0 atom stereocenters. The van der Waals surface area contributed by atoms with Crippen molar-refractivity contribution in [1.82, 2.24) is 9.55 Å². The van der Waals surface area contributed by atoms with Gasteiger partial charge in [-0.25, -0.2) is 4.98 Å². The Morgan fingerprint density at radius 3 is 2.19 bits per heavy atom. The maximum absolute atomic E-state index is 10.1. The lowest BCUT2D eigenvalue weighted by Crippen LogP contribution is -2.21. The van der Waals surface area contributed by atoms with E-state index in [-0.39, 0.29) is 11.1 Å². The number of ether oxygens (including phenoxy) is 1. The van der Waals surface area contributed by atoms with Crippen molar-refractivity contribution >= 4 is 12.5 Å². The molecule has 0 bridgehead atoms. The van der Waals surface area contributed by atoms with Crippen molar-refractivity contribution in [3.8, 4) is 0 Å². The zero-order chi connectivity index (χ0) is 16.7. The molecule has 21 heavy (non-hydrogen) atoms. The van der Waals surface area contributed by atoms with Gasteiger partial charge in [-0.15, -0.1) is 0 Å². The van der Waals surface area contributed by atoms with E-state index in [1.54, 1.807) is 12.5 Å². The second kappa shape index (κ2) is 7.56. The summed E-state index contributed by atoms with van der Waals surface area (Å²) in [5.41, 5.74) is 0.295. The van der Waals surface area contributed by atoms with Crippen molar-refractivity contribution in [2.75, 3.05) is 0 Å². The third kappa shape index (κ3) is 8.56. The molecule has 0 saturated carbocycles. The molecule has 7 nitrogen and oxygen atoms in total. The van der Waals surface area contributed by atoms with Gasteiger partial charge in [-0.3, -0.25) is 14.9 Å². The molecule has 0 fully saturated rings. The fourth-order valence-electron chi connectivity index (χ4n) is 1.27. The van der Waals surface area contributed by atoms with Gasteiger partial charge in [0.2, 0.25) is 6.20 Å². The van der Waals surface area contributed by atoms with Gasteiger partial charge in [0, 0.05) is 11.6 Å². The van der Waals surface area contributed by atoms with Crippen LogP contribution in [0.2, 0.25) is 0 Å². The largest absolute Gasteiger partial charge is 0.462 e. The SMILES string of the molecule is CC(C)(C)OC=O.CC(C)(C)n1cncc1/C=C/[N+](=O)[O-]. The molecule has 0 aliphatic heterocycles. The Bertz CT molecular complexity index is 493. The van der Waals surface area contributed by atoms with E-state index in [1.807, 2.05) is 46.1 Å². The fourth-order valence-corrected chi connectivity index (χ4v) is 1.27. The van der Waals surface area contributed by atoms with Crippen LogP contribution in [0.15, 0.2) is 18.7 Å². The van der Waals surface area contributed by atoms with Crippen LogP contribution in [0.1, 0.15) is 47.2 Å². The number of rotatable bonds is 3. The lowest BCUT2D eigenvalue weighted by Gasteiger charge is -2.22. The van der Waals surface area contributed by atoms with Crippen molar-refractivity contribution in [3.05, 3.63) is 34.5 Å². The highest BCUT2D eigenvalue weighted by Crippen LogP contribution is 2.17. The van der Waals surface area contributed by atoms with Crippen LogP contribution in [0.4, 0.5) is 0 Å². The van der Waals surface area contributed by atoms with E-state index in [1.165, 1.54) is 6.08 Å². The van der Waals surface area contributed by atoms with Gasteiger partial charge < -0.3 is 9.30 Å². The lowest BCUT2D eigenvalue weighted by atomic mass is 10.1. The van der Waals surface area contributed by atoms with Gasteiger partial charge in [-0.1, -0.05) is 0 Å². The zero-order valence-corrected chi connectivity index (χ0v) is 13.4. The van der Waals surface area contributed by atoms with E-state index in [0.29, 0.717) is 6.47 Å². The highest BCUT2D eigenvalue weighted by atomic mass is 16.6. The van der Waals surface area contributed by atoms with Crippen LogP contribution in [0.25, 0.3) is 6.08 Å². The molecule has 0 spiro atoms. The predicted molar refractivity (Wildman–Crippen MR) is 80.2 cm³/mol. The maximum Gasteiger partial charge on any atom is 0.293 e. The summed E-state index contributed by atoms with van der Waals surface area (Å²) in [6.07, 6.45) is 5.63. The molecular formula is C14H23N3O4. The number of hydrogen-bond donors (Lipinski definition) is 0. The second-order valence-electron chi connectivity index (χ2n) is 6.29. The van der Waals surface area contributed by atoms with E-state index >= 15 is 0 Å². The minimum atomic E-state index is -0.486. The Hall–Kier alpha value is -2.18. The molecule has 0 N–H and O–H groups in total. The van der Waals surface area contributed by atoms with Crippen LogP contribution >= 0.6 is 0 Å². The molecule has 0 aromatic carbocycles. The Kier molecular flexibility index (Phi) is 6.78. The van der Waals surface area contributed by atoms with Gasteiger partial charge >= 0.3 is 0 Å². The van der Waals surface area contributed by atoms with Gasteiger partial charge in [0.05, 0.1) is 23.1 Å². The van der Waals surface area contributed by atoms with E-state index in [0.717, 1.165) is 11.9 Å². The average molecular weight is 297 g/mol. The van der Waals surface area contributed by atoms with Crippen LogP contribution in [0.3, 0.4) is 0 Å². The third-order valence-corrected chi connectivity index (χ3v) is 2.16. The first kappa shape index (κ1) is 18.8. The molecule has 1 heterocycles. The predicted octanol–water partition coefficient (Wildman–Crippen LogP) is 2.84. The summed E-state index contributed by atoms with van der Waals surface area (Å²) >= 11 is 0. The summed E-state index contributed by atoms with van der Waals surface area (Å²) < 4.78 is 6.43. The summed E-state index contributed by atoms with van der Waals surface area (Å²) in [4.78, 5) is 23.2. The van der Waals surface area contributed by atoms with Crippen molar-refractivity contribution in [2.24, 2.45) is 0 Å². The molecule has 1 aromatic rings. The highest BCUT2D eigenvalue weighted by Gasteiger charge is 2.15. The molecule has 0 radical (unpaired) electrons. The quantitative estimate of drug-likeness (QED) is 0.486. The number of carbonyl (C=O) groups is 1. The molecule has 0 saturated heterocycles. The summed E-state index contributed by atoms with van der Waals surface area (Å²) in [6.45, 7) is 12.0. The lowest BCUT2D eigenvalue weighted by molar-refractivity contribution is -0.401. The number of hydrogen-bond acceptors (Lipinski definition) is 5. The van der Waals surface area contributed by atoms with E-state index < -0.39 is 4.92 Å². The highest BCUT2D eigenvalue weighted by molar-refractivity contribution is 5.42. The molecule has 0 aliphatic rings. The van der Waals surface area contributed by atoms with Gasteiger partial charge in [-0.2, -0.15) is 0 Å². The Morgan fingerprint density at radius 2 is 1.86 bits per heavy atom. The molecule has 0 unspecified atom stereocenters. The molecule has 7 heteroatoms. The number of nitrogens with zero attached hydrogens (tertiary/aromatic N) is 3. The Morgan fingerprint density at radius 1 is 1.29 bits per heavy atom. The normalized spacial score (nSPS) is 11.7. The number of carbonyl (C=O) groups excluding carboxylic acids is 1. The van der Waals surface area contributed by atoms with Gasteiger partial charge in [0.15, 0.2) is 0 Å². The molecule has 0 aliphatic carbocycles. The first-order valence-corrected chi connectivity index (χ1v) is 6.43. The first-order valence-electron chi connectivity index (χ1n) is 6.43. The summed E-state index contributed by atoms with van der Waals surface area (Å²) in [7, 11) is 0. The molecule has 0 amide bonds. The second-order valence-corrected chi connectivity index (χ2v) is 6.29. The van der Waals surface area contributed by atoms with Crippen molar-refractivity contribution in [3.63, 3.8) is 0 Å². The van der Waals surface area contributed by atoms with Crippen LogP contribution in [0.5, 0.6) is 0 Å². The van der Waals surface area contributed by atoms with Crippen LogP contribution < -0.4 is 0 Å². The molecule has 1 aromatic heterocycles. The standard InChI is InChI=1S/C9H13N3O2.C5H10O2/c1-9(2,3)11-7-10-6-8(11)4-5-12(13)14;1-5(2,3)7-4-6/h4-7H,1-3H3;4H,1-3H3/b5-4+;. The number of nitro groups is 1. The van der Waals surface area contributed by atoms with Gasteiger partial charge in [0.1, 0.15) is 5.60 Å². The van der Waals surface area contributed by atoms with E-state index in [4.69, 9.17) is 0 Å². The van der Waals surface area contributed by atoms with Gasteiger partial charge in [-0.05, 0) is 41.5 Å². The number of aromatic nitrogens is 2. The maximum atomic E-state index is 10.1. The average Bonchev–Trinajstić information content (AvgIpc) is 2.73. The Balaban J connectivity index is 0.000000486. The van der Waals surface area contributed by atoms with Gasteiger partial charge in [0.25, 0.3) is 6.47 Å². The van der Waals surface area contributed by atoms with Crippen molar-refractivity contribution < 1.29 is 14.5 Å². The van der Waals surface area contributed by atoms with Crippen molar-refractivity contribution in [1.29, 1.82) is 0 Å². The fraction of sp³-hybridized carbons (Fsp3) is 0.571. The first-order chi connectivity index (χ1) is 9.47. The van der Waals surface area contributed by atoms with Crippen LogP contribution in [-0.4, -0.2) is 26.5 Å². The Labute approximate surface area is 124 Å². The summed E-state index contributed by atoms with van der Waals surface area (Å²) in [5.74, 6) is 0. The van der Waals surface area contributed by atoms with E-state index in [9.17, 15) is 14.9 Å². The van der Waals surface area contributed by atoms with Crippen LogP contribution in [-0.2, 0) is 15.1 Å². The minimum absolute atomic E-state index is 0.118. The van der Waals surface area contributed by atoms with E-state index in [2.05, 4.69) is 9.72 Å².